The van der Waals surface area contributed by atoms with Crippen LogP contribution in [-0.2, 0) is 14.3 Å². The summed E-state index contributed by atoms with van der Waals surface area (Å²) in [5.41, 5.74) is -0.303. The van der Waals surface area contributed by atoms with E-state index in [-0.39, 0.29) is 17.6 Å². The lowest BCUT2D eigenvalue weighted by atomic mass is 9.91. The van der Waals surface area contributed by atoms with E-state index in [1.165, 1.54) is 0 Å². The van der Waals surface area contributed by atoms with Gasteiger partial charge in [-0.05, 0) is 25.2 Å². The lowest BCUT2D eigenvalue weighted by Crippen LogP contribution is -2.56. The molecule has 2 atom stereocenters. The molecule has 98 valence electrons. The number of hydrogen-bond acceptors (Lipinski definition) is 3. The molecule has 0 aromatic carbocycles. The van der Waals surface area contributed by atoms with Crippen molar-refractivity contribution in [2.75, 3.05) is 25.7 Å². The summed E-state index contributed by atoms with van der Waals surface area (Å²) in [5.74, 6) is 0.711. The maximum Gasteiger partial charge on any atom is 0.249 e. The summed E-state index contributed by atoms with van der Waals surface area (Å²) in [6.07, 6.45) is 2.21. The van der Waals surface area contributed by atoms with Crippen molar-refractivity contribution in [1.82, 2.24) is 5.32 Å². The Labute approximate surface area is 107 Å². The molecule has 0 radical (unpaired) electrons. The Morgan fingerprint density at radius 2 is 2.12 bits per heavy atom. The third-order valence-electron chi connectivity index (χ3n) is 3.74. The maximum absolute atomic E-state index is 12.2. The van der Waals surface area contributed by atoms with E-state index in [1.54, 1.807) is 0 Å². The molecule has 0 aliphatic carbocycles. The van der Waals surface area contributed by atoms with Gasteiger partial charge in [0.15, 0.2) is 0 Å². The minimum Gasteiger partial charge on any atom is -0.381 e. The van der Waals surface area contributed by atoms with Gasteiger partial charge in [0.05, 0.1) is 5.54 Å². The van der Waals surface area contributed by atoms with Crippen molar-refractivity contribution in [3.63, 3.8) is 0 Å². The quantitative estimate of drug-likeness (QED) is 0.780. The topological polar surface area (TPSA) is 47.6 Å². The predicted molar refractivity (Wildman–Crippen MR) is 65.2 cm³/mol. The third kappa shape index (κ3) is 2.92. The second-order valence-corrected chi connectivity index (χ2v) is 5.34. The van der Waals surface area contributed by atoms with Crippen LogP contribution in [0.2, 0.25) is 0 Å². The highest BCUT2D eigenvalue weighted by Crippen LogP contribution is 2.25. The van der Waals surface area contributed by atoms with E-state index in [4.69, 9.17) is 21.1 Å². The van der Waals surface area contributed by atoms with Gasteiger partial charge in [-0.15, -0.1) is 11.6 Å². The highest BCUT2D eigenvalue weighted by atomic mass is 35.5. The van der Waals surface area contributed by atoms with Gasteiger partial charge in [0, 0.05) is 25.7 Å². The highest BCUT2D eigenvalue weighted by molar-refractivity contribution is 6.18. The van der Waals surface area contributed by atoms with E-state index in [9.17, 15) is 4.79 Å². The number of carbonyl (C=O) groups excluding carboxylic acids is 1. The molecule has 0 aromatic heterocycles. The van der Waals surface area contributed by atoms with Gasteiger partial charge in [0.1, 0.15) is 6.10 Å². The molecule has 2 unspecified atom stereocenters. The molecule has 4 nitrogen and oxygen atoms in total. The minimum absolute atomic E-state index is 0.0162. The summed E-state index contributed by atoms with van der Waals surface area (Å²) < 4.78 is 10.8. The van der Waals surface area contributed by atoms with Crippen molar-refractivity contribution >= 4 is 17.5 Å². The molecule has 0 saturated carbocycles. The van der Waals surface area contributed by atoms with Gasteiger partial charge in [-0.2, -0.15) is 0 Å². The van der Waals surface area contributed by atoms with E-state index < -0.39 is 0 Å². The third-order valence-corrected chi connectivity index (χ3v) is 4.25. The molecule has 0 aromatic rings. The van der Waals surface area contributed by atoms with Crippen LogP contribution in [0.25, 0.3) is 0 Å². The van der Waals surface area contributed by atoms with Crippen LogP contribution in [0.4, 0.5) is 0 Å². The molecule has 2 aliphatic rings. The lowest BCUT2D eigenvalue weighted by molar-refractivity contribution is -0.134. The first kappa shape index (κ1) is 13.1. The molecule has 5 heteroatoms. The molecule has 0 bridgehead atoms. The molecule has 1 N–H and O–H groups in total. The van der Waals surface area contributed by atoms with Crippen molar-refractivity contribution in [2.24, 2.45) is 5.92 Å². The van der Waals surface area contributed by atoms with Crippen molar-refractivity contribution in [1.29, 1.82) is 0 Å². The standard InChI is InChI=1S/C12H20ClNO3/c1-9-2-5-17-10(9)11(15)14-12(8-13)3-6-16-7-4-12/h9-10H,2-8H2,1H3,(H,14,15). The first-order valence-electron chi connectivity index (χ1n) is 6.24. The molecular formula is C12H20ClNO3. The number of hydrogen-bond donors (Lipinski definition) is 1. The van der Waals surface area contributed by atoms with E-state index >= 15 is 0 Å². The van der Waals surface area contributed by atoms with Gasteiger partial charge < -0.3 is 14.8 Å². The number of nitrogens with one attached hydrogen (secondary N) is 1. The monoisotopic (exact) mass is 261 g/mol. The second kappa shape index (κ2) is 5.55. The van der Waals surface area contributed by atoms with Crippen LogP contribution in [0.3, 0.4) is 0 Å². The fraction of sp³-hybridized carbons (Fsp3) is 0.917. The van der Waals surface area contributed by atoms with Crippen LogP contribution in [0.1, 0.15) is 26.2 Å². The second-order valence-electron chi connectivity index (χ2n) is 5.07. The molecule has 2 fully saturated rings. The summed E-state index contributed by atoms with van der Waals surface area (Å²) in [4.78, 5) is 12.2. The summed E-state index contributed by atoms with van der Waals surface area (Å²) in [5, 5.41) is 3.08. The van der Waals surface area contributed by atoms with E-state index in [0.717, 1.165) is 19.3 Å². The lowest BCUT2D eigenvalue weighted by Gasteiger charge is -2.37. The zero-order valence-electron chi connectivity index (χ0n) is 10.2. The van der Waals surface area contributed by atoms with Crippen LogP contribution in [0.5, 0.6) is 0 Å². The molecule has 0 spiro atoms. The Hall–Kier alpha value is -0.320. The smallest absolute Gasteiger partial charge is 0.249 e. The average molecular weight is 262 g/mol. The number of alkyl halides is 1. The minimum atomic E-state index is -0.307. The predicted octanol–water partition coefficient (Wildman–Crippen LogP) is 1.32. The molecular weight excluding hydrogens is 242 g/mol. The molecule has 2 heterocycles. The first-order chi connectivity index (χ1) is 8.17. The zero-order valence-corrected chi connectivity index (χ0v) is 11.0. The fourth-order valence-corrected chi connectivity index (χ4v) is 2.75. The Morgan fingerprint density at radius 1 is 1.41 bits per heavy atom. The Balaban J connectivity index is 1.95. The summed E-state index contributed by atoms with van der Waals surface area (Å²) in [6, 6.07) is 0. The first-order valence-corrected chi connectivity index (χ1v) is 6.78. The van der Waals surface area contributed by atoms with Crippen LogP contribution in [-0.4, -0.2) is 43.3 Å². The average Bonchev–Trinajstić information content (AvgIpc) is 2.77. The van der Waals surface area contributed by atoms with Crippen molar-refractivity contribution in [3.8, 4) is 0 Å². The summed E-state index contributed by atoms with van der Waals surface area (Å²) in [6.45, 7) is 4.05. The van der Waals surface area contributed by atoms with Crippen molar-refractivity contribution < 1.29 is 14.3 Å². The van der Waals surface area contributed by atoms with E-state index in [2.05, 4.69) is 12.2 Å². The number of carbonyl (C=O) groups is 1. The molecule has 2 saturated heterocycles. The van der Waals surface area contributed by atoms with Gasteiger partial charge in [-0.1, -0.05) is 6.92 Å². The number of ether oxygens (including phenoxy) is 2. The number of rotatable bonds is 3. The van der Waals surface area contributed by atoms with Crippen LogP contribution in [0, 0.1) is 5.92 Å². The summed E-state index contributed by atoms with van der Waals surface area (Å²) in [7, 11) is 0. The molecule has 1 amide bonds. The number of amides is 1. The Morgan fingerprint density at radius 3 is 2.65 bits per heavy atom. The van der Waals surface area contributed by atoms with Crippen molar-refractivity contribution in [3.05, 3.63) is 0 Å². The van der Waals surface area contributed by atoms with E-state index in [1.807, 2.05) is 0 Å². The molecule has 17 heavy (non-hydrogen) atoms. The van der Waals surface area contributed by atoms with Gasteiger partial charge in [0.25, 0.3) is 0 Å². The maximum atomic E-state index is 12.2. The zero-order chi connectivity index (χ0) is 12.3. The Bertz CT molecular complexity index is 279. The van der Waals surface area contributed by atoms with Gasteiger partial charge >= 0.3 is 0 Å². The highest BCUT2D eigenvalue weighted by Gasteiger charge is 2.38. The van der Waals surface area contributed by atoms with E-state index in [0.29, 0.717) is 31.6 Å². The van der Waals surface area contributed by atoms with Gasteiger partial charge in [-0.25, -0.2) is 0 Å². The number of halogens is 1. The van der Waals surface area contributed by atoms with Crippen LogP contribution in [0.15, 0.2) is 0 Å². The molecule has 2 aliphatic heterocycles. The molecule has 2 rings (SSSR count). The van der Waals surface area contributed by atoms with Crippen LogP contribution >= 0.6 is 11.6 Å². The Kier molecular flexibility index (Phi) is 4.28. The van der Waals surface area contributed by atoms with Gasteiger partial charge in [0.2, 0.25) is 5.91 Å². The normalized spacial score (nSPS) is 32.4. The van der Waals surface area contributed by atoms with Crippen LogP contribution < -0.4 is 5.32 Å². The fourth-order valence-electron chi connectivity index (χ4n) is 2.42. The van der Waals surface area contributed by atoms with Crippen molar-refractivity contribution in [2.45, 2.75) is 37.8 Å². The summed E-state index contributed by atoms with van der Waals surface area (Å²) >= 11 is 6.01. The van der Waals surface area contributed by atoms with Gasteiger partial charge in [-0.3, -0.25) is 4.79 Å². The SMILES string of the molecule is CC1CCOC1C(=O)NC1(CCl)CCOCC1. The largest absolute Gasteiger partial charge is 0.381 e.